The second-order valence-corrected chi connectivity index (χ2v) is 44.0. The van der Waals surface area contributed by atoms with E-state index in [9.17, 15) is 0 Å². The van der Waals surface area contributed by atoms with E-state index < -0.39 is 70.4 Å². The number of halogens is 1. The van der Waals surface area contributed by atoms with Gasteiger partial charge in [0.25, 0.3) is 0 Å². The largest absolute Gasteiger partial charge is 0.483 e. The van der Waals surface area contributed by atoms with Gasteiger partial charge in [0, 0.05) is 53.4 Å². The van der Waals surface area contributed by atoms with Gasteiger partial charge in [-0.25, -0.2) is 0 Å². The zero-order valence-corrected chi connectivity index (χ0v) is 45.0. The molecule has 0 aliphatic carbocycles. The van der Waals surface area contributed by atoms with Crippen LogP contribution in [-0.4, -0.2) is 70.4 Å². The Morgan fingerprint density at radius 1 is 0.339 bits per heavy atom. The third kappa shape index (κ3) is 10.3. The highest BCUT2D eigenvalue weighted by Gasteiger charge is 2.83. The third-order valence-corrected chi connectivity index (χ3v) is 50.0. The molecular formula is C35H69ClO12Si8. The number of hydrogen-bond acceptors (Lipinski definition) is 12. The molecule has 56 heavy (non-hydrogen) atoms. The molecule has 8 bridgehead atoms. The van der Waals surface area contributed by atoms with Crippen molar-refractivity contribution in [3.63, 3.8) is 0 Å². The summed E-state index contributed by atoms with van der Waals surface area (Å²) in [5, 5.41) is 0.581. The van der Waals surface area contributed by atoms with Crippen molar-refractivity contribution in [3.8, 4) is 0 Å². The molecule has 0 N–H and O–H groups in total. The highest BCUT2D eigenvalue weighted by molar-refractivity contribution is 7.03. The van der Waals surface area contributed by atoms with E-state index in [-0.39, 0.29) is 47.5 Å². The van der Waals surface area contributed by atoms with Crippen LogP contribution in [0, 0.1) is 41.4 Å². The van der Waals surface area contributed by atoms with Crippen LogP contribution >= 0.6 is 11.6 Å². The second-order valence-electron chi connectivity index (χ2n) is 19.6. The van der Waals surface area contributed by atoms with Crippen LogP contribution in [0.15, 0.2) is 24.3 Å². The van der Waals surface area contributed by atoms with Gasteiger partial charge in [-0.3, -0.25) is 0 Å². The van der Waals surface area contributed by atoms with Crippen LogP contribution in [0.25, 0.3) is 0 Å². The van der Waals surface area contributed by atoms with Crippen LogP contribution in [0.3, 0.4) is 0 Å². The molecule has 0 spiro atoms. The first-order valence-electron chi connectivity index (χ1n) is 21.0. The van der Waals surface area contributed by atoms with E-state index >= 15 is 0 Å². The number of rotatable bonds is 16. The van der Waals surface area contributed by atoms with Crippen molar-refractivity contribution in [2.75, 3.05) is 0 Å². The molecule has 0 radical (unpaired) electrons. The van der Waals surface area contributed by atoms with E-state index in [1.54, 1.807) is 0 Å². The third-order valence-electron chi connectivity index (χ3n) is 9.70. The quantitative estimate of drug-likeness (QED) is 0.147. The molecule has 0 unspecified atom stereocenters. The summed E-state index contributed by atoms with van der Waals surface area (Å²) in [6.45, 7) is 30.2. The Kier molecular flexibility index (Phi) is 13.9. The molecule has 7 rings (SSSR count). The predicted octanol–water partition coefficient (Wildman–Crippen LogP) is 9.79. The van der Waals surface area contributed by atoms with E-state index in [4.69, 9.17) is 61.0 Å². The molecule has 0 amide bonds. The summed E-state index contributed by atoms with van der Waals surface area (Å²) in [5.41, 5.74) is 0.822. The van der Waals surface area contributed by atoms with Crippen molar-refractivity contribution in [2.24, 2.45) is 41.4 Å². The smallest absolute Gasteiger partial charge is 0.373 e. The van der Waals surface area contributed by atoms with Crippen molar-refractivity contribution in [1.29, 1.82) is 0 Å². The molecule has 1 aromatic rings. The summed E-state index contributed by atoms with van der Waals surface area (Å²) in [6.07, 6.45) is 0. The first-order chi connectivity index (χ1) is 25.9. The average Bonchev–Trinajstić information content (AvgIpc) is 2.91. The molecule has 6 heterocycles. The number of benzene rings is 1. The maximum absolute atomic E-state index is 7.83. The molecule has 0 saturated carbocycles. The van der Waals surface area contributed by atoms with Gasteiger partial charge < -0.3 is 49.4 Å². The van der Waals surface area contributed by atoms with Gasteiger partial charge in [-0.1, -0.05) is 127 Å². The van der Waals surface area contributed by atoms with Crippen molar-refractivity contribution in [1.82, 2.24) is 0 Å². The lowest BCUT2D eigenvalue weighted by Crippen LogP contribution is -2.89. The maximum atomic E-state index is 7.83. The second kappa shape index (κ2) is 16.8. The first kappa shape index (κ1) is 46.3. The van der Waals surface area contributed by atoms with Crippen molar-refractivity contribution >= 4 is 82.0 Å². The summed E-state index contributed by atoms with van der Waals surface area (Å²) in [4.78, 5) is 0. The fourth-order valence-electron chi connectivity index (χ4n) is 8.70. The molecule has 6 fully saturated rings. The van der Waals surface area contributed by atoms with Gasteiger partial charge in [-0.2, -0.15) is 0 Å². The highest BCUT2D eigenvalue weighted by Crippen LogP contribution is 2.55. The summed E-state index contributed by atoms with van der Waals surface area (Å²) < 4.78 is 93.6. The zero-order valence-electron chi connectivity index (χ0n) is 36.3. The van der Waals surface area contributed by atoms with E-state index in [2.05, 4.69) is 96.9 Å². The molecule has 6 saturated heterocycles. The van der Waals surface area contributed by atoms with Gasteiger partial charge in [0.1, 0.15) is 0 Å². The fourth-order valence-corrected chi connectivity index (χ4v) is 60.4. The lowest BCUT2D eigenvalue weighted by Gasteiger charge is -2.64. The van der Waals surface area contributed by atoms with Crippen LogP contribution in [0.2, 0.25) is 47.3 Å². The van der Waals surface area contributed by atoms with Crippen LogP contribution in [-0.2, 0) is 55.4 Å². The summed E-state index contributed by atoms with van der Waals surface area (Å²) in [5.74, 6) is 0.719. The minimum absolute atomic E-state index is 0.0899. The molecule has 21 heteroatoms. The van der Waals surface area contributed by atoms with E-state index in [1.165, 1.54) is 0 Å². The SMILES string of the molecule is CC(C)C[Si]12O[Si]3(Cc4ccccc4Cl)O[Si]4(CC(C)C)O[Si](CC(C)C)(O1)O[Si]1(CC(C)C)O[Si](CC(C)C)(O2)O[Si](CC(C)C)(O3)O[Si](CC(C)C)(O4)O1. The normalized spacial score (nSPS) is 39.7. The standard InChI is InChI=1S/C35H69ClO12Si8/c1-27(2)19-49-37-50(20-28(3)4)40-53(23-31(9)10)42-51(38-49,21-29(5)6)44-55(25-33(13)14)45-52(39-49,22-30(7)8)43-54(41-50,24-32(11)12)47-56(46-53,48-55)26-34-17-15-16-18-35(34)36/h15-18,27-33H,19-26H2,1-14H3. The van der Waals surface area contributed by atoms with Crippen LogP contribution in [0.5, 0.6) is 0 Å². The Bertz CT molecular complexity index is 1390. The lowest BCUT2D eigenvalue weighted by atomic mass is 10.2. The predicted molar refractivity (Wildman–Crippen MR) is 232 cm³/mol. The molecule has 12 nitrogen and oxygen atoms in total. The van der Waals surface area contributed by atoms with Crippen molar-refractivity contribution < 1.29 is 49.4 Å². The van der Waals surface area contributed by atoms with Crippen LogP contribution in [0.1, 0.15) is 102 Å². The van der Waals surface area contributed by atoms with Gasteiger partial charge in [0.05, 0.1) is 0 Å². The summed E-state index contributed by atoms with van der Waals surface area (Å²) in [6, 6.07) is 11.2. The number of hydrogen-bond donors (Lipinski definition) is 0. The topological polar surface area (TPSA) is 111 Å². The van der Waals surface area contributed by atoms with Gasteiger partial charge in [0.2, 0.25) is 0 Å². The van der Waals surface area contributed by atoms with Crippen LogP contribution in [0.4, 0.5) is 0 Å². The Balaban J connectivity index is 1.78. The Labute approximate surface area is 351 Å². The molecule has 1 aromatic carbocycles. The van der Waals surface area contributed by atoms with Crippen molar-refractivity contribution in [3.05, 3.63) is 34.9 Å². The maximum Gasteiger partial charge on any atom is 0.483 e. The summed E-state index contributed by atoms with van der Waals surface area (Å²) in [7, 11) is -31.9. The van der Waals surface area contributed by atoms with E-state index in [1.807, 2.05) is 24.3 Å². The lowest BCUT2D eigenvalue weighted by molar-refractivity contribution is -0.0342. The fraction of sp³-hybridized carbons (Fsp3) is 0.829. The molecule has 0 aromatic heterocycles. The van der Waals surface area contributed by atoms with Gasteiger partial charge in [-0.15, -0.1) is 0 Å². The van der Waals surface area contributed by atoms with E-state index in [0.29, 0.717) is 47.3 Å². The highest BCUT2D eigenvalue weighted by atomic mass is 35.5. The van der Waals surface area contributed by atoms with Gasteiger partial charge in [0.15, 0.2) is 0 Å². The van der Waals surface area contributed by atoms with Gasteiger partial charge in [-0.05, 0) is 53.1 Å². The Morgan fingerprint density at radius 3 is 0.732 bits per heavy atom. The van der Waals surface area contributed by atoms with E-state index in [0.717, 1.165) is 5.56 Å². The Hall–Kier alpha value is 0.765. The molecular weight excluding hydrogens is 873 g/mol. The molecule has 6 aliphatic heterocycles. The molecule has 0 atom stereocenters. The van der Waals surface area contributed by atoms with Crippen molar-refractivity contribution in [2.45, 2.75) is 145 Å². The average molecular weight is 942 g/mol. The molecule has 320 valence electrons. The van der Waals surface area contributed by atoms with Crippen LogP contribution < -0.4 is 0 Å². The minimum Gasteiger partial charge on any atom is -0.373 e. The first-order valence-corrected chi connectivity index (χ1v) is 36.9. The summed E-state index contributed by atoms with van der Waals surface area (Å²) >= 11 is 7.01. The Morgan fingerprint density at radius 2 is 0.536 bits per heavy atom. The monoisotopic (exact) mass is 940 g/mol. The zero-order chi connectivity index (χ0) is 41.2. The minimum atomic E-state index is -4.15. The molecule has 6 aliphatic rings. The van der Waals surface area contributed by atoms with Gasteiger partial charge >= 0.3 is 70.4 Å².